The Labute approximate surface area is 68.0 Å². The summed E-state index contributed by atoms with van der Waals surface area (Å²) >= 11 is 0. The van der Waals surface area contributed by atoms with E-state index in [1.54, 1.807) is 0 Å². The summed E-state index contributed by atoms with van der Waals surface area (Å²) in [6.07, 6.45) is 1.82. The molecule has 0 amide bonds. The van der Waals surface area contributed by atoms with Crippen LogP contribution in [0.25, 0.3) is 0 Å². The smallest absolute Gasteiger partial charge is 0.143 e. The van der Waals surface area contributed by atoms with Gasteiger partial charge in [-0.3, -0.25) is 9.59 Å². The number of carbonyl (C=O) groups is 2. The Morgan fingerprint density at radius 1 is 1.18 bits per heavy atom. The van der Waals surface area contributed by atoms with Crippen molar-refractivity contribution in [3.63, 3.8) is 0 Å². The molecule has 0 aromatic heterocycles. The maximum atomic E-state index is 11.2. The molecule has 0 radical (unpaired) electrons. The van der Waals surface area contributed by atoms with Gasteiger partial charge in [0.15, 0.2) is 0 Å². The van der Waals surface area contributed by atoms with Gasteiger partial charge in [0.05, 0.1) is 6.42 Å². The molecule has 0 atom stereocenters. The fourth-order valence-corrected chi connectivity index (χ4v) is 1.13. The van der Waals surface area contributed by atoms with Crippen molar-refractivity contribution in [1.29, 1.82) is 0 Å². The molecule has 0 aromatic rings. The maximum Gasteiger partial charge on any atom is 0.143 e. The molecule has 0 bridgehead atoms. The van der Waals surface area contributed by atoms with E-state index in [4.69, 9.17) is 0 Å². The molecule has 0 fully saturated rings. The van der Waals surface area contributed by atoms with Crippen molar-refractivity contribution < 1.29 is 9.59 Å². The third-order valence-corrected chi connectivity index (χ3v) is 1.86. The molecule has 0 saturated carbocycles. The lowest BCUT2D eigenvalue weighted by Gasteiger charge is -2.08. The standard InChI is InChI=1S/C9H16O2/c1-4-8(5-2)9(11)6-7(3)10/h8H,4-6H2,1-3H3. The Morgan fingerprint density at radius 2 is 1.64 bits per heavy atom. The third kappa shape index (κ3) is 3.91. The Kier molecular flexibility index (Phi) is 4.75. The topological polar surface area (TPSA) is 34.1 Å². The lowest BCUT2D eigenvalue weighted by atomic mass is 9.95. The van der Waals surface area contributed by atoms with E-state index < -0.39 is 0 Å². The summed E-state index contributed by atoms with van der Waals surface area (Å²) in [5, 5.41) is 0. The van der Waals surface area contributed by atoms with Crippen molar-refractivity contribution >= 4 is 11.6 Å². The molecule has 11 heavy (non-hydrogen) atoms. The molecule has 0 N–H and O–H groups in total. The Balaban J connectivity index is 3.89. The quantitative estimate of drug-likeness (QED) is 0.570. The fourth-order valence-electron chi connectivity index (χ4n) is 1.13. The van der Waals surface area contributed by atoms with Gasteiger partial charge in [-0.05, 0) is 19.8 Å². The lowest BCUT2D eigenvalue weighted by Crippen LogP contribution is -2.15. The van der Waals surface area contributed by atoms with Crippen LogP contribution in [-0.4, -0.2) is 11.6 Å². The van der Waals surface area contributed by atoms with Crippen LogP contribution in [0.3, 0.4) is 0 Å². The highest BCUT2D eigenvalue weighted by Crippen LogP contribution is 2.10. The van der Waals surface area contributed by atoms with Gasteiger partial charge in [0.25, 0.3) is 0 Å². The molecule has 0 rings (SSSR count). The number of ketones is 2. The van der Waals surface area contributed by atoms with Gasteiger partial charge in [-0.25, -0.2) is 0 Å². The minimum atomic E-state index is -0.0260. The van der Waals surface area contributed by atoms with E-state index in [9.17, 15) is 9.59 Å². The van der Waals surface area contributed by atoms with E-state index in [1.807, 2.05) is 13.8 Å². The van der Waals surface area contributed by atoms with E-state index in [1.165, 1.54) is 6.92 Å². The average Bonchev–Trinajstić information content (AvgIpc) is 1.88. The van der Waals surface area contributed by atoms with Crippen LogP contribution in [-0.2, 0) is 9.59 Å². The van der Waals surface area contributed by atoms with Crippen LogP contribution in [0.4, 0.5) is 0 Å². The van der Waals surface area contributed by atoms with Gasteiger partial charge < -0.3 is 0 Å². The first-order valence-corrected chi connectivity index (χ1v) is 4.13. The van der Waals surface area contributed by atoms with E-state index in [0.717, 1.165) is 12.8 Å². The molecule has 2 heteroatoms. The molecule has 0 unspecified atom stereocenters. The van der Waals surface area contributed by atoms with Crippen LogP contribution < -0.4 is 0 Å². The van der Waals surface area contributed by atoms with Gasteiger partial charge in [-0.15, -0.1) is 0 Å². The minimum absolute atomic E-state index is 0.0260. The van der Waals surface area contributed by atoms with Crippen molar-refractivity contribution in [3.8, 4) is 0 Å². The number of rotatable bonds is 5. The summed E-state index contributed by atoms with van der Waals surface area (Å²) in [6, 6.07) is 0. The second kappa shape index (κ2) is 5.05. The van der Waals surface area contributed by atoms with Gasteiger partial charge in [-0.1, -0.05) is 13.8 Å². The van der Waals surface area contributed by atoms with E-state index >= 15 is 0 Å². The lowest BCUT2D eigenvalue weighted by molar-refractivity contribution is -0.128. The van der Waals surface area contributed by atoms with Crippen LogP contribution in [0.2, 0.25) is 0 Å². The molecular weight excluding hydrogens is 140 g/mol. The number of carbonyl (C=O) groups excluding carboxylic acids is 2. The summed E-state index contributed by atoms with van der Waals surface area (Å²) < 4.78 is 0. The molecule has 0 heterocycles. The largest absolute Gasteiger partial charge is 0.300 e. The van der Waals surface area contributed by atoms with Crippen LogP contribution in [0.1, 0.15) is 40.0 Å². The Morgan fingerprint density at radius 3 is 1.91 bits per heavy atom. The molecule has 0 saturated heterocycles. The third-order valence-electron chi connectivity index (χ3n) is 1.86. The van der Waals surface area contributed by atoms with E-state index in [-0.39, 0.29) is 23.9 Å². The van der Waals surface area contributed by atoms with Gasteiger partial charge >= 0.3 is 0 Å². The zero-order valence-corrected chi connectivity index (χ0v) is 7.52. The molecular formula is C9H16O2. The van der Waals surface area contributed by atoms with Gasteiger partial charge in [0.2, 0.25) is 0 Å². The van der Waals surface area contributed by atoms with Crippen LogP contribution >= 0.6 is 0 Å². The van der Waals surface area contributed by atoms with Crippen LogP contribution in [0.5, 0.6) is 0 Å². The summed E-state index contributed by atoms with van der Waals surface area (Å²) in [5.74, 6) is 0.170. The zero-order valence-electron chi connectivity index (χ0n) is 7.52. The molecule has 0 aliphatic rings. The van der Waals surface area contributed by atoms with Crippen molar-refractivity contribution in [2.45, 2.75) is 40.0 Å². The molecule has 0 aromatic carbocycles. The monoisotopic (exact) mass is 156 g/mol. The first-order valence-electron chi connectivity index (χ1n) is 4.13. The number of hydrogen-bond donors (Lipinski definition) is 0. The normalized spacial score (nSPS) is 10.2. The molecule has 0 spiro atoms. The molecule has 0 aliphatic heterocycles. The molecule has 0 aliphatic carbocycles. The van der Waals surface area contributed by atoms with Crippen molar-refractivity contribution in [2.75, 3.05) is 0 Å². The zero-order chi connectivity index (χ0) is 8.85. The first kappa shape index (κ1) is 10.3. The summed E-state index contributed by atoms with van der Waals surface area (Å²) in [5.41, 5.74) is 0. The minimum Gasteiger partial charge on any atom is -0.300 e. The van der Waals surface area contributed by atoms with Crippen molar-refractivity contribution in [2.24, 2.45) is 5.92 Å². The highest BCUT2D eigenvalue weighted by molar-refractivity contribution is 5.98. The predicted molar refractivity (Wildman–Crippen MR) is 44.4 cm³/mol. The summed E-state index contributed by atoms with van der Waals surface area (Å²) in [6.45, 7) is 5.42. The van der Waals surface area contributed by atoms with Crippen LogP contribution in [0.15, 0.2) is 0 Å². The van der Waals surface area contributed by atoms with Gasteiger partial charge in [0.1, 0.15) is 11.6 Å². The van der Waals surface area contributed by atoms with Crippen molar-refractivity contribution in [1.82, 2.24) is 0 Å². The summed E-state index contributed by atoms with van der Waals surface area (Å²) in [7, 11) is 0. The van der Waals surface area contributed by atoms with Gasteiger partial charge in [0, 0.05) is 5.92 Å². The number of hydrogen-bond acceptors (Lipinski definition) is 2. The fraction of sp³-hybridized carbons (Fsp3) is 0.778. The second-order valence-electron chi connectivity index (χ2n) is 2.86. The maximum absolute atomic E-state index is 11.2. The molecule has 2 nitrogen and oxygen atoms in total. The predicted octanol–water partition coefficient (Wildman–Crippen LogP) is 1.97. The second-order valence-corrected chi connectivity index (χ2v) is 2.86. The first-order chi connectivity index (χ1) is 5.11. The number of Topliss-reactive ketones (excluding diaryl/α,β-unsaturated/α-hetero) is 2. The van der Waals surface area contributed by atoms with Gasteiger partial charge in [-0.2, -0.15) is 0 Å². The molecule has 64 valence electrons. The highest BCUT2D eigenvalue weighted by Gasteiger charge is 2.14. The van der Waals surface area contributed by atoms with E-state index in [2.05, 4.69) is 0 Å². The Bertz CT molecular complexity index is 146. The van der Waals surface area contributed by atoms with E-state index in [0.29, 0.717) is 0 Å². The van der Waals surface area contributed by atoms with Crippen LogP contribution in [0, 0.1) is 5.92 Å². The Hall–Kier alpha value is -0.660. The van der Waals surface area contributed by atoms with Crippen molar-refractivity contribution in [3.05, 3.63) is 0 Å². The summed E-state index contributed by atoms with van der Waals surface area (Å²) in [4.78, 5) is 21.8. The average molecular weight is 156 g/mol. The SMILES string of the molecule is CCC(CC)C(=O)CC(C)=O. The highest BCUT2D eigenvalue weighted by atomic mass is 16.1.